The molecule has 1 aliphatic rings. The fourth-order valence-corrected chi connectivity index (χ4v) is 4.34. The molecule has 0 saturated carbocycles. The van der Waals surface area contributed by atoms with Crippen LogP contribution in [0.15, 0.2) is 47.6 Å². The van der Waals surface area contributed by atoms with Crippen molar-refractivity contribution in [2.45, 2.75) is 32.9 Å². The first-order valence-electron chi connectivity index (χ1n) is 10.6. The van der Waals surface area contributed by atoms with Crippen LogP contribution in [0.3, 0.4) is 0 Å². The number of carbonyl (C=O) groups is 1. The number of carbonyl (C=O) groups excluding carboxylic acids is 1. The fourth-order valence-electron chi connectivity index (χ4n) is 3.56. The number of imidazole rings is 1. The van der Waals surface area contributed by atoms with E-state index in [1.54, 1.807) is 35.4 Å². The van der Waals surface area contributed by atoms with Gasteiger partial charge in [-0.1, -0.05) is 5.21 Å². The summed E-state index contributed by atoms with van der Waals surface area (Å²) in [5, 5.41) is 14.3. The van der Waals surface area contributed by atoms with Gasteiger partial charge in [0.1, 0.15) is 17.0 Å². The summed E-state index contributed by atoms with van der Waals surface area (Å²) < 4.78 is 29.9. The summed E-state index contributed by atoms with van der Waals surface area (Å²) in [6.45, 7) is 5.97. The Labute approximate surface area is 202 Å². The molecular formula is C22H21F2N9OS. The number of alkyl halides is 2. The van der Waals surface area contributed by atoms with E-state index in [0.717, 1.165) is 26.3 Å². The third kappa shape index (κ3) is 4.41. The smallest absolute Gasteiger partial charge is 0.282 e. The largest absolute Gasteiger partial charge is 0.367 e. The zero-order chi connectivity index (χ0) is 24.7. The van der Waals surface area contributed by atoms with E-state index in [9.17, 15) is 13.6 Å². The van der Waals surface area contributed by atoms with Gasteiger partial charge in [0, 0.05) is 36.9 Å². The summed E-state index contributed by atoms with van der Waals surface area (Å²) in [6.07, 6.45) is 6.63. The van der Waals surface area contributed by atoms with Crippen molar-refractivity contribution in [3.05, 3.63) is 58.9 Å². The highest BCUT2D eigenvalue weighted by molar-refractivity contribution is 7.15. The van der Waals surface area contributed by atoms with Crippen LogP contribution in [0.1, 0.15) is 41.3 Å². The molecule has 0 atom stereocenters. The topological polar surface area (TPSA) is 114 Å². The van der Waals surface area contributed by atoms with Crippen LogP contribution in [0, 0.1) is 6.92 Å². The molecule has 13 heteroatoms. The number of amides is 1. The molecule has 0 radical (unpaired) electrons. The van der Waals surface area contributed by atoms with Crippen molar-refractivity contribution in [1.82, 2.24) is 40.0 Å². The Bertz CT molecular complexity index is 1480. The van der Waals surface area contributed by atoms with Gasteiger partial charge < -0.3 is 10.6 Å². The highest BCUT2D eigenvalue weighted by atomic mass is 32.1. The second-order valence-electron chi connectivity index (χ2n) is 8.43. The van der Waals surface area contributed by atoms with Gasteiger partial charge in [0.05, 0.1) is 33.5 Å². The number of aliphatic imine (C=N–C) groups is 1. The van der Waals surface area contributed by atoms with Crippen LogP contribution in [0.2, 0.25) is 0 Å². The van der Waals surface area contributed by atoms with E-state index in [0.29, 0.717) is 11.3 Å². The first kappa shape index (κ1) is 22.8. The first-order chi connectivity index (χ1) is 16.7. The molecule has 4 aromatic heterocycles. The molecule has 0 aliphatic carbocycles. The number of aromatic nitrogens is 6. The number of hydrogen-bond acceptors (Lipinski definition) is 8. The van der Waals surface area contributed by atoms with E-state index in [-0.39, 0.29) is 17.8 Å². The van der Waals surface area contributed by atoms with E-state index in [4.69, 9.17) is 0 Å². The number of nitrogens with zero attached hydrogens (tertiary/aromatic N) is 7. The Balaban J connectivity index is 1.55. The third-order valence-corrected chi connectivity index (χ3v) is 6.30. The van der Waals surface area contributed by atoms with E-state index in [1.807, 2.05) is 20.8 Å². The number of halogens is 2. The maximum Gasteiger partial charge on any atom is 0.282 e. The summed E-state index contributed by atoms with van der Waals surface area (Å²) in [6, 6.07) is 1.48. The highest BCUT2D eigenvalue weighted by Gasteiger charge is 2.23. The van der Waals surface area contributed by atoms with E-state index in [2.05, 4.69) is 35.9 Å². The summed E-state index contributed by atoms with van der Waals surface area (Å²) >= 11 is 1.46. The molecule has 1 aliphatic heterocycles. The van der Waals surface area contributed by atoms with Crippen LogP contribution in [0.25, 0.3) is 21.9 Å². The number of nitrogens with one attached hydrogen (secondary N) is 2. The molecule has 0 unspecified atom stereocenters. The van der Waals surface area contributed by atoms with Crippen LogP contribution >= 0.6 is 11.3 Å². The van der Waals surface area contributed by atoms with Gasteiger partial charge in [-0.2, -0.15) is 0 Å². The highest BCUT2D eigenvalue weighted by Crippen LogP contribution is 2.30. The average molecular weight is 498 g/mol. The number of fused-ring (bicyclic) bond motifs is 1. The quantitative estimate of drug-likeness (QED) is 0.423. The lowest BCUT2D eigenvalue weighted by atomic mass is 10.2. The number of thiazole rings is 1. The van der Waals surface area contributed by atoms with Crippen LogP contribution in [0.4, 0.5) is 8.78 Å². The summed E-state index contributed by atoms with van der Waals surface area (Å²) in [5.74, 6) is -0.397. The lowest BCUT2D eigenvalue weighted by molar-refractivity contribution is 0.0957. The maximum absolute atomic E-state index is 13.6. The average Bonchev–Trinajstić information content (AvgIpc) is 3.56. The molecule has 0 fully saturated rings. The standard InChI is InChI=1S/C22H21F2N9OS/c1-12-25-10-18(35-12)16-8-26-20-15(33-17(19(23)24)9-30-31-33)4-14(11-32(16)20)21(34)27-5-13-6-28-22(2,3)29-7-13/h4,6-11,19,28H,5H2,1-3H3,(H,27,34). The molecule has 0 bridgehead atoms. The van der Waals surface area contributed by atoms with Gasteiger partial charge in [-0.3, -0.25) is 14.2 Å². The lowest BCUT2D eigenvalue weighted by Crippen LogP contribution is -2.37. The van der Waals surface area contributed by atoms with Crippen molar-refractivity contribution in [2.75, 3.05) is 6.54 Å². The van der Waals surface area contributed by atoms with Crippen molar-refractivity contribution in [3.8, 4) is 16.3 Å². The predicted octanol–water partition coefficient (Wildman–Crippen LogP) is 3.31. The number of rotatable bonds is 6. The van der Waals surface area contributed by atoms with E-state index >= 15 is 0 Å². The molecular weight excluding hydrogens is 476 g/mol. The Morgan fingerprint density at radius 3 is 2.77 bits per heavy atom. The van der Waals surface area contributed by atoms with Crippen molar-refractivity contribution in [3.63, 3.8) is 0 Å². The zero-order valence-electron chi connectivity index (χ0n) is 19.0. The Kier molecular flexibility index (Phi) is 5.63. The molecule has 4 aromatic rings. The van der Waals surface area contributed by atoms with Crippen LogP contribution < -0.4 is 10.6 Å². The summed E-state index contributed by atoms with van der Waals surface area (Å²) in [5.41, 5.74) is 1.46. The SMILES string of the molecule is Cc1ncc(-c2cnc3c(-n4nncc4C(F)F)cc(C(=O)NCC4=CNC(C)(C)N=C4)cn23)s1. The summed E-state index contributed by atoms with van der Waals surface area (Å²) in [4.78, 5) is 27.1. The fraction of sp³-hybridized carbons (Fsp3) is 0.273. The van der Waals surface area contributed by atoms with Crippen molar-refractivity contribution < 1.29 is 13.6 Å². The van der Waals surface area contributed by atoms with Crippen molar-refractivity contribution in [1.29, 1.82) is 0 Å². The summed E-state index contributed by atoms with van der Waals surface area (Å²) in [7, 11) is 0. The van der Waals surface area contributed by atoms with Gasteiger partial charge in [-0.25, -0.2) is 23.4 Å². The minimum absolute atomic E-state index is 0.208. The number of hydrogen-bond donors (Lipinski definition) is 2. The molecule has 5 heterocycles. The van der Waals surface area contributed by atoms with E-state index < -0.39 is 23.7 Å². The third-order valence-electron chi connectivity index (χ3n) is 5.37. The van der Waals surface area contributed by atoms with Crippen molar-refractivity contribution in [2.24, 2.45) is 4.99 Å². The zero-order valence-corrected chi connectivity index (χ0v) is 19.8. The molecule has 5 rings (SSSR count). The molecule has 0 spiro atoms. The van der Waals surface area contributed by atoms with Gasteiger partial charge in [0.25, 0.3) is 12.3 Å². The molecule has 180 valence electrons. The second-order valence-corrected chi connectivity index (χ2v) is 9.66. The van der Waals surface area contributed by atoms with Crippen LogP contribution in [-0.4, -0.2) is 53.7 Å². The molecule has 1 amide bonds. The molecule has 2 N–H and O–H groups in total. The molecule has 0 aromatic carbocycles. The normalized spacial score (nSPS) is 14.9. The lowest BCUT2D eigenvalue weighted by Gasteiger charge is -2.24. The van der Waals surface area contributed by atoms with Gasteiger partial charge in [0.15, 0.2) is 5.65 Å². The number of pyridine rings is 1. The monoisotopic (exact) mass is 497 g/mol. The Morgan fingerprint density at radius 2 is 2.09 bits per heavy atom. The van der Waals surface area contributed by atoms with Gasteiger partial charge in [0.2, 0.25) is 0 Å². The predicted molar refractivity (Wildman–Crippen MR) is 127 cm³/mol. The van der Waals surface area contributed by atoms with Crippen molar-refractivity contribution >= 4 is 29.1 Å². The Morgan fingerprint density at radius 1 is 1.26 bits per heavy atom. The van der Waals surface area contributed by atoms with Crippen LogP contribution in [-0.2, 0) is 0 Å². The molecule has 10 nitrogen and oxygen atoms in total. The second kappa shape index (κ2) is 8.65. The van der Waals surface area contributed by atoms with Gasteiger partial charge in [-0.05, 0) is 26.8 Å². The van der Waals surface area contributed by atoms with Gasteiger partial charge >= 0.3 is 0 Å². The Hall–Kier alpha value is -4.00. The number of aryl methyl sites for hydroxylation is 1. The van der Waals surface area contributed by atoms with Gasteiger partial charge in [-0.15, -0.1) is 16.4 Å². The molecule has 0 saturated heterocycles. The maximum atomic E-state index is 13.6. The van der Waals surface area contributed by atoms with E-state index in [1.165, 1.54) is 17.4 Å². The molecule has 35 heavy (non-hydrogen) atoms. The minimum atomic E-state index is -2.81. The minimum Gasteiger partial charge on any atom is -0.367 e. The first-order valence-corrected chi connectivity index (χ1v) is 11.5. The van der Waals surface area contributed by atoms with Crippen LogP contribution in [0.5, 0.6) is 0 Å².